The average Bonchev–Trinajstić information content (AvgIpc) is 2.28. The van der Waals surface area contributed by atoms with Crippen LogP contribution in [0.5, 0.6) is 0 Å². The molecule has 0 saturated carbocycles. The Balaban J connectivity index is 2.25. The average molecular weight is 218 g/mol. The third kappa shape index (κ3) is 5.11. The summed E-state index contributed by atoms with van der Waals surface area (Å²) in [7, 11) is 0. The molecule has 1 unspecified atom stereocenters. The lowest BCUT2D eigenvalue weighted by Crippen LogP contribution is -2.06. The number of hydrogen-bond donors (Lipinski definition) is 0. The molecular weight excluding hydrogens is 196 g/mol. The van der Waals surface area contributed by atoms with Gasteiger partial charge < -0.3 is 0 Å². The number of benzene rings is 1. The number of carbonyl (C=O) groups excluding carboxylic acids is 1. The van der Waals surface area contributed by atoms with E-state index in [9.17, 15) is 4.79 Å². The highest BCUT2D eigenvalue weighted by molar-refractivity contribution is 5.78. The smallest absolute Gasteiger partial charge is 0.133 e. The third-order valence-electron chi connectivity index (χ3n) is 2.89. The second-order valence-corrected chi connectivity index (χ2v) is 4.62. The molecule has 0 spiro atoms. The highest BCUT2D eigenvalue weighted by Gasteiger charge is 2.08. The van der Waals surface area contributed by atoms with E-state index >= 15 is 0 Å². The largest absolute Gasteiger partial charge is 0.300 e. The van der Waals surface area contributed by atoms with Gasteiger partial charge in [0.05, 0.1) is 0 Å². The monoisotopic (exact) mass is 218 g/mol. The molecule has 1 heteroatoms. The zero-order chi connectivity index (χ0) is 11.8. The summed E-state index contributed by atoms with van der Waals surface area (Å²) in [5.74, 6) is 0.957. The molecule has 0 fully saturated rings. The van der Waals surface area contributed by atoms with Gasteiger partial charge in [0, 0.05) is 12.8 Å². The molecule has 0 amide bonds. The Morgan fingerprint density at radius 3 is 2.56 bits per heavy atom. The number of aryl methyl sites for hydroxylation is 1. The van der Waals surface area contributed by atoms with Crippen LogP contribution in [0.15, 0.2) is 30.3 Å². The number of ketones is 1. The van der Waals surface area contributed by atoms with Gasteiger partial charge in [0.25, 0.3) is 0 Å². The lowest BCUT2D eigenvalue weighted by molar-refractivity contribution is -0.119. The van der Waals surface area contributed by atoms with E-state index in [4.69, 9.17) is 0 Å². The van der Waals surface area contributed by atoms with E-state index in [1.165, 1.54) is 12.0 Å². The highest BCUT2D eigenvalue weighted by Crippen LogP contribution is 2.12. The molecule has 16 heavy (non-hydrogen) atoms. The minimum absolute atomic E-state index is 0.407. The number of hydrogen-bond acceptors (Lipinski definition) is 1. The summed E-state index contributed by atoms with van der Waals surface area (Å²) in [5, 5.41) is 0. The van der Waals surface area contributed by atoms with Gasteiger partial charge >= 0.3 is 0 Å². The molecule has 0 N–H and O–H groups in total. The minimum Gasteiger partial charge on any atom is -0.300 e. The van der Waals surface area contributed by atoms with Crippen LogP contribution < -0.4 is 0 Å². The predicted octanol–water partition coefficient (Wildman–Crippen LogP) is 4.01. The lowest BCUT2D eigenvalue weighted by atomic mass is 9.96. The molecule has 1 aromatic rings. The van der Waals surface area contributed by atoms with Gasteiger partial charge in [0.1, 0.15) is 5.78 Å². The van der Waals surface area contributed by atoms with Crippen LogP contribution >= 0.6 is 0 Å². The number of carbonyl (C=O) groups is 1. The van der Waals surface area contributed by atoms with Crippen LogP contribution in [0.4, 0.5) is 0 Å². The van der Waals surface area contributed by atoms with Gasteiger partial charge in [-0.1, -0.05) is 57.0 Å². The summed E-state index contributed by atoms with van der Waals surface area (Å²) in [6.45, 7) is 4.34. The predicted molar refractivity (Wildman–Crippen MR) is 68.5 cm³/mol. The molecule has 1 atom stereocenters. The van der Waals surface area contributed by atoms with Gasteiger partial charge in [-0.25, -0.2) is 0 Å². The molecule has 88 valence electrons. The first-order valence-electron chi connectivity index (χ1n) is 6.28. The molecule has 0 aliphatic carbocycles. The van der Waals surface area contributed by atoms with Crippen molar-refractivity contribution >= 4 is 5.78 Å². The van der Waals surface area contributed by atoms with Gasteiger partial charge in [0.15, 0.2) is 0 Å². The topological polar surface area (TPSA) is 17.1 Å². The fraction of sp³-hybridized carbons (Fsp3) is 0.533. The Morgan fingerprint density at radius 1 is 1.25 bits per heavy atom. The Kier molecular flexibility index (Phi) is 5.84. The highest BCUT2D eigenvalue weighted by atomic mass is 16.1. The first-order valence-corrected chi connectivity index (χ1v) is 6.28. The van der Waals surface area contributed by atoms with Gasteiger partial charge in [-0.05, 0) is 17.9 Å². The van der Waals surface area contributed by atoms with Crippen molar-refractivity contribution in [1.82, 2.24) is 0 Å². The van der Waals surface area contributed by atoms with Gasteiger partial charge in [-0.2, -0.15) is 0 Å². The Morgan fingerprint density at radius 2 is 1.94 bits per heavy atom. The van der Waals surface area contributed by atoms with Crippen LogP contribution in [-0.4, -0.2) is 5.78 Å². The summed E-state index contributed by atoms with van der Waals surface area (Å²) in [6, 6.07) is 10.2. The number of rotatable bonds is 7. The maximum Gasteiger partial charge on any atom is 0.133 e. The van der Waals surface area contributed by atoms with E-state index in [2.05, 4.69) is 26.0 Å². The molecule has 0 heterocycles. The maximum atomic E-state index is 11.7. The van der Waals surface area contributed by atoms with Crippen LogP contribution in [0.2, 0.25) is 0 Å². The lowest BCUT2D eigenvalue weighted by Gasteiger charge is -2.08. The zero-order valence-electron chi connectivity index (χ0n) is 10.4. The van der Waals surface area contributed by atoms with Crippen LogP contribution in [-0.2, 0) is 11.2 Å². The molecule has 0 radical (unpaired) electrons. The van der Waals surface area contributed by atoms with E-state index in [0.29, 0.717) is 18.1 Å². The van der Waals surface area contributed by atoms with Gasteiger partial charge in [-0.15, -0.1) is 0 Å². The van der Waals surface area contributed by atoms with Crippen molar-refractivity contribution < 1.29 is 4.79 Å². The SMILES string of the molecule is CCCC(C)CC(=O)CCc1ccccc1. The quantitative estimate of drug-likeness (QED) is 0.675. The normalized spacial score (nSPS) is 12.4. The van der Waals surface area contributed by atoms with Crippen molar-refractivity contribution in [3.05, 3.63) is 35.9 Å². The second-order valence-electron chi connectivity index (χ2n) is 4.62. The Labute approximate surface area is 98.9 Å². The van der Waals surface area contributed by atoms with Crippen LogP contribution in [0.3, 0.4) is 0 Å². The van der Waals surface area contributed by atoms with Crippen molar-refractivity contribution in [3.8, 4) is 0 Å². The van der Waals surface area contributed by atoms with Crippen LogP contribution in [0.25, 0.3) is 0 Å². The van der Waals surface area contributed by atoms with Crippen molar-refractivity contribution in [2.75, 3.05) is 0 Å². The molecule has 0 aliphatic rings. The Hall–Kier alpha value is -1.11. The first-order chi connectivity index (χ1) is 7.72. The first kappa shape index (κ1) is 13.0. The van der Waals surface area contributed by atoms with Crippen LogP contribution in [0.1, 0.15) is 45.1 Å². The fourth-order valence-corrected chi connectivity index (χ4v) is 2.01. The van der Waals surface area contributed by atoms with Crippen molar-refractivity contribution in [2.24, 2.45) is 5.92 Å². The van der Waals surface area contributed by atoms with Crippen molar-refractivity contribution in [1.29, 1.82) is 0 Å². The summed E-state index contributed by atoms with van der Waals surface area (Å²) < 4.78 is 0. The summed E-state index contributed by atoms with van der Waals surface area (Å²) in [4.78, 5) is 11.7. The van der Waals surface area contributed by atoms with Crippen LogP contribution in [0, 0.1) is 5.92 Å². The summed E-state index contributed by atoms with van der Waals surface area (Å²) >= 11 is 0. The summed E-state index contributed by atoms with van der Waals surface area (Å²) in [5.41, 5.74) is 1.26. The molecule has 1 rings (SSSR count). The second kappa shape index (κ2) is 7.21. The molecule has 0 aromatic heterocycles. The van der Waals surface area contributed by atoms with Gasteiger partial charge in [0.2, 0.25) is 0 Å². The molecule has 1 aromatic carbocycles. The van der Waals surface area contributed by atoms with Crippen molar-refractivity contribution in [2.45, 2.75) is 46.0 Å². The van der Waals surface area contributed by atoms with E-state index in [1.54, 1.807) is 0 Å². The molecular formula is C15H22O. The maximum absolute atomic E-state index is 11.7. The number of Topliss-reactive ketones (excluding diaryl/α,β-unsaturated/α-hetero) is 1. The third-order valence-corrected chi connectivity index (χ3v) is 2.89. The minimum atomic E-state index is 0.407. The van der Waals surface area contributed by atoms with E-state index in [0.717, 1.165) is 19.3 Å². The fourth-order valence-electron chi connectivity index (χ4n) is 2.01. The standard InChI is InChI=1S/C15H22O/c1-3-7-13(2)12-15(16)11-10-14-8-5-4-6-9-14/h4-6,8-9,13H,3,7,10-12H2,1-2H3. The molecule has 0 saturated heterocycles. The summed E-state index contributed by atoms with van der Waals surface area (Å²) in [6.07, 6.45) is 4.67. The molecule has 0 bridgehead atoms. The molecule has 1 nitrogen and oxygen atoms in total. The van der Waals surface area contributed by atoms with Gasteiger partial charge in [-0.3, -0.25) is 4.79 Å². The molecule has 0 aliphatic heterocycles. The van der Waals surface area contributed by atoms with E-state index in [1.807, 2.05) is 18.2 Å². The zero-order valence-corrected chi connectivity index (χ0v) is 10.4. The Bertz CT molecular complexity index is 302. The van der Waals surface area contributed by atoms with E-state index < -0.39 is 0 Å². The van der Waals surface area contributed by atoms with E-state index in [-0.39, 0.29) is 0 Å². The van der Waals surface area contributed by atoms with Crippen molar-refractivity contribution in [3.63, 3.8) is 0 Å².